The van der Waals surface area contributed by atoms with E-state index in [1.54, 1.807) is 52.7 Å². The summed E-state index contributed by atoms with van der Waals surface area (Å²) in [5.74, 6) is 0.0597. The van der Waals surface area contributed by atoms with Gasteiger partial charge in [0.2, 0.25) is 19.0 Å². The van der Waals surface area contributed by atoms with Gasteiger partial charge < -0.3 is 39.2 Å². The summed E-state index contributed by atoms with van der Waals surface area (Å²) < 4.78 is 25.8. The molecule has 0 saturated carbocycles. The molecule has 1 unspecified atom stereocenters. The Hall–Kier alpha value is -4.30. The molecule has 1 aliphatic rings. The van der Waals surface area contributed by atoms with Gasteiger partial charge in [0.25, 0.3) is 0 Å². The average molecular weight is 674 g/mol. The SMILES string of the molecule is CCCC[C@H](NC(=O)N[C@@H](CC(=O)OC(C)OC(=O)OCC)c1ccc2c(c1)OCO2)C(=O)N(Cc1cccs1)Cc1cccs1. The predicted octanol–water partition coefficient (Wildman–Crippen LogP) is 6.12. The molecule has 0 spiro atoms. The van der Waals surface area contributed by atoms with Crippen LogP contribution in [0.1, 0.15) is 67.8 Å². The molecule has 0 bridgehead atoms. The molecule has 2 aromatic heterocycles. The molecule has 1 aliphatic heterocycles. The summed E-state index contributed by atoms with van der Waals surface area (Å²) in [6.45, 7) is 6.01. The molecule has 1 aromatic carbocycles. The van der Waals surface area contributed by atoms with Crippen LogP contribution in [0.5, 0.6) is 11.5 Å². The molecule has 0 aliphatic carbocycles. The Morgan fingerprint density at radius 3 is 2.26 bits per heavy atom. The van der Waals surface area contributed by atoms with Gasteiger partial charge in [-0.2, -0.15) is 0 Å². The molecule has 248 valence electrons. The largest absolute Gasteiger partial charge is 0.511 e. The van der Waals surface area contributed by atoms with Crippen LogP contribution in [0.15, 0.2) is 53.2 Å². The molecule has 4 rings (SSSR count). The Balaban J connectivity index is 1.49. The zero-order valence-electron chi connectivity index (χ0n) is 26.0. The first kappa shape index (κ1) is 34.6. The van der Waals surface area contributed by atoms with Crippen LogP contribution in [-0.4, -0.2) is 54.7 Å². The highest BCUT2D eigenvalue weighted by molar-refractivity contribution is 7.10. The lowest BCUT2D eigenvalue weighted by molar-refractivity contribution is -0.168. The Kier molecular flexibility index (Phi) is 13.1. The number of carbonyl (C=O) groups is 4. The fourth-order valence-electron chi connectivity index (χ4n) is 4.73. The van der Waals surface area contributed by atoms with Gasteiger partial charge >= 0.3 is 18.2 Å². The van der Waals surface area contributed by atoms with E-state index in [-0.39, 0.29) is 25.7 Å². The maximum absolute atomic E-state index is 14.0. The molecule has 14 heteroatoms. The monoisotopic (exact) mass is 673 g/mol. The number of ether oxygens (including phenoxy) is 5. The summed E-state index contributed by atoms with van der Waals surface area (Å²) in [5, 5.41) is 9.64. The number of nitrogens with one attached hydrogen (secondary N) is 2. The summed E-state index contributed by atoms with van der Waals surface area (Å²) in [5.41, 5.74) is 0.545. The van der Waals surface area contributed by atoms with Crippen LogP contribution in [0.3, 0.4) is 0 Å². The van der Waals surface area contributed by atoms with E-state index in [0.717, 1.165) is 22.6 Å². The van der Waals surface area contributed by atoms with E-state index < -0.39 is 36.5 Å². The van der Waals surface area contributed by atoms with Crippen molar-refractivity contribution >= 4 is 46.7 Å². The molecule has 3 aromatic rings. The molecule has 0 radical (unpaired) electrons. The molecule has 12 nitrogen and oxygen atoms in total. The highest BCUT2D eigenvalue weighted by atomic mass is 32.1. The van der Waals surface area contributed by atoms with E-state index in [1.807, 2.05) is 41.9 Å². The lowest BCUT2D eigenvalue weighted by Gasteiger charge is -2.28. The number of amides is 3. The van der Waals surface area contributed by atoms with E-state index in [0.29, 0.717) is 36.6 Å². The molecule has 0 saturated heterocycles. The summed E-state index contributed by atoms with van der Waals surface area (Å²) >= 11 is 3.13. The smallest absolute Gasteiger partial charge is 0.454 e. The molecule has 2 N–H and O–H groups in total. The number of fused-ring (bicyclic) bond motifs is 1. The van der Waals surface area contributed by atoms with Gasteiger partial charge in [0, 0.05) is 16.7 Å². The van der Waals surface area contributed by atoms with Gasteiger partial charge in [-0.05, 0) is 53.9 Å². The van der Waals surface area contributed by atoms with Gasteiger partial charge in [0.15, 0.2) is 11.5 Å². The Labute approximate surface area is 275 Å². The van der Waals surface area contributed by atoms with Crippen molar-refractivity contribution in [3.05, 3.63) is 68.5 Å². The van der Waals surface area contributed by atoms with E-state index in [2.05, 4.69) is 10.6 Å². The number of hydrogen-bond acceptors (Lipinski definition) is 11. The third-order valence-corrected chi connectivity index (χ3v) is 8.63. The second-order valence-electron chi connectivity index (χ2n) is 10.4. The summed E-state index contributed by atoms with van der Waals surface area (Å²) in [6.07, 6.45) is -0.498. The number of hydrogen-bond donors (Lipinski definition) is 2. The topological polar surface area (TPSA) is 142 Å². The molecular formula is C32H39N3O9S2. The molecule has 3 amide bonds. The number of rotatable bonds is 16. The number of thiophene rings is 2. The normalized spacial score (nSPS) is 13.6. The maximum Gasteiger partial charge on any atom is 0.511 e. The second-order valence-corrected chi connectivity index (χ2v) is 12.5. The van der Waals surface area contributed by atoms with Crippen LogP contribution in [0.2, 0.25) is 0 Å². The lowest BCUT2D eigenvalue weighted by Crippen LogP contribution is -2.51. The van der Waals surface area contributed by atoms with Crippen molar-refractivity contribution in [1.29, 1.82) is 0 Å². The first-order chi connectivity index (χ1) is 22.2. The van der Waals surface area contributed by atoms with E-state index in [4.69, 9.17) is 23.7 Å². The quantitative estimate of drug-likeness (QED) is 0.136. The average Bonchev–Trinajstić information content (AvgIpc) is 3.81. The van der Waals surface area contributed by atoms with Gasteiger partial charge in [0.05, 0.1) is 32.2 Å². The number of unbranched alkanes of at least 4 members (excludes halogenated alkanes) is 1. The van der Waals surface area contributed by atoms with Crippen LogP contribution < -0.4 is 20.1 Å². The third kappa shape index (κ3) is 10.4. The number of esters is 1. The predicted molar refractivity (Wildman–Crippen MR) is 171 cm³/mol. The molecule has 3 heterocycles. The summed E-state index contributed by atoms with van der Waals surface area (Å²) in [6, 6.07) is 10.6. The fourth-order valence-corrected chi connectivity index (χ4v) is 6.17. The van der Waals surface area contributed by atoms with Crippen LogP contribution in [0, 0.1) is 0 Å². The Morgan fingerprint density at radius 1 is 0.935 bits per heavy atom. The number of carbonyl (C=O) groups excluding carboxylic acids is 4. The van der Waals surface area contributed by atoms with E-state index in [9.17, 15) is 19.2 Å². The van der Waals surface area contributed by atoms with Crippen LogP contribution in [0.25, 0.3) is 0 Å². The first-order valence-corrected chi connectivity index (χ1v) is 16.8. The highest BCUT2D eigenvalue weighted by Crippen LogP contribution is 2.35. The molecule has 3 atom stereocenters. The third-order valence-electron chi connectivity index (χ3n) is 6.91. The van der Waals surface area contributed by atoms with Crippen molar-refractivity contribution in [2.45, 2.75) is 77.9 Å². The van der Waals surface area contributed by atoms with Gasteiger partial charge in [-0.3, -0.25) is 9.59 Å². The first-order valence-electron chi connectivity index (χ1n) is 15.1. The van der Waals surface area contributed by atoms with Crippen LogP contribution in [-0.2, 0) is 36.9 Å². The van der Waals surface area contributed by atoms with Crippen molar-refractivity contribution < 1.29 is 42.9 Å². The minimum Gasteiger partial charge on any atom is -0.454 e. The van der Waals surface area contributed by atoms with Gasteiger partial charge in [0.1, 0.15) is 6.04 Å². The van der Waals surface area contributed by atoms with Crippen LogP contribution in [0.4, 0.5) is 9.59 Å². The van der Waals surface area contributed by atoms with Crippen molar-refractivity contribution in [2.75, 3.05) is 13.4 Å². The minimum absolute atomic E-state index is 0.0524. The lowest BCUT2D eigenvalue weighted by atomic mass is 10.0. The van der Waals surface area contributed by atoms with Crippen molar-refractivity contribution in [3.63, 3.8) is 0 Å². The Bertz CT molecular complexity index is 1400. The number of urea groups is 1. The number of nitrogens with zero attached hydrogens (tertiary/aromatic N) is 1. The highest BCUT2D eigenvalue weighted by Gasteiger charge is 2.29. The zero-order valence-corrected chi connectivity index (χ0v) is 27.7. The zero-order chi connectivity index (χ0) is 32.9. The number of benzene rings is 1. The van der Waals surface area contributed by atoms with Crippen molar-refractivity contribution in [1.82, 2.24) is 15.5 Å². The van der Waals surface area contributed by atoms with Crippen LogP contribution >= 0.6 is 22.7 Å². The van der Waals surface area contributed by atoms with Gasteiger partial charge in [-0.1, -0.05) is 38.0 Å². The van der Waals surface area contributed by atoms with Crippen molar-refractivity contribution in [2.24, 2.45) is 0 Å². The Morgan fingerprint density at radius 2 is 1.63 bits per heavy atom. The second kappa shape index (κ2) is 17.4. The standard InChI is InChI=1S/C32H39N3O9S2/c1-4-6-11-25(30(37)35(18-23-9-7-14-45-23)19-24-10-8-15-46-24)33-31(38)34-26(22-12-13-27-28(16-22)42-20-41-27)17-29(36)43-21(3)44-32(39)40-5-2/h7-10,12-16,21,25-26H,4-6,11,17-20H2,1-3H3,(H2,33,34,38)/t21?,25-,26-/m0/s1. The maximum atomic E-state index is 14.0. The molecular weight excluding hydrogens is 634 g/mol. The minimum atomic E-state index is -1.22. The van der Waals surface area contributed by atoms with Gasteiger partial charge in [-0.15, -0.1) is 22.7 Å². The van der Waals surface area contributed by atoms with Crippen molar-refractivity contribution in [3.8, 4) is 11.5 Å². The summed E-state index contributed by atoms with van der Waals surface area (Å²) in [4.78, 5) is 55.9. The van der Waals surface area contributed by atoms with E-state index in [1.165, 1.54) is 6.92 Å². The summed E-state index contributed by atoms with van der Waals surface area (Å²) in [7, 11) is 0. The fraction of sp³-hybridized carbons (Fsp3) is 0.438. The van der Waals surface area contributed by atoms with E-state index >= 15 is 0 Å². The molecule has 46 heavy (non-hydrogen) atoms. The van der Waals surface area contributed by atoms with Gasteiger partial charge in [-0.25, -0.2) is 9.59 Å². The molecule has 0 fully saturated rings.